The molecule has 4 nitrogen and oxygen atoms in total. The van der Waals surface area contributed by atoms with Crippen LogP contribution < -0.4 is 5.32 Å². The van der Waals surface area contributed by atoms with Gasteiger partial charge in [0, 0.05) is 25.0 Å². The van der Waals surface area contributed by atoms with Crippen LogP contribution in [0.15, 0.2) is 18.5 Å². The SMILES string of the molecule is CC(CC1CC1)NCC(O)Cn1cccn1. The van der Waals surface area contributed by atoms with Crippen molar-refractivity contribution in [3.63, 3.8) is 0 Å². The Kier molecular flexibility index (Phi) is 3.96. The highest BCUT2D eigenvalue weighted by Crippen LogP contribution is 2.33. The van der Waals surface area contributed by atoms with Crippen LogP contribution in [0.4, 0.5) is 0 Å². The first-order valence-electron chi connectivity index (χ1n) is 6.13. The number of aliphatic hydroxyl groups excluding tert-OH is 1. The summed E-state index contributed by atoms with van der Waals surface area (Å²) in [5.74, 6) is 0.936. The third-order valence-corrected chi connectivity index (χ3v) is 3.04. The highest BCUT2D eigenvalue weighted by Gasteiger charge is 2.23. The highest BCUT2D eigenvalue weighted by molar-refractivity contribution is 4.80. The van der Waals surface area contributed by atoms with E-state index in [0.717, 1.165) is 5.92 Å². The molecule has 2 unspecified atom stereocenters. The van der Waals surface area contributed by atoms with E-state index >= 15 is 0 Å². The van der Waals surface area contributed by atoms with Crippen molar-refractivity contribution in [3.05, 3.63) is 18.5 Å². The number of hydrogen-bond donors (Lipinski definition) is 2. The number of hydrogen-bond acceptors (Lipinski definition) is 3. The summed E-state index contributed by atoms with van der Waals surface area (Å²) < 4.78 is 1.76. The molecule has 0 spiro atoms. The smallest absolute Gasteiger partial charge is 0.0860 e. The standard InChI is InChI=1S/C12H21N3O/c1-10(7-11-3-4-11)13-8-12(16)9-15-6-2-5-14-15/h2,5-6,10-13,16H,3-4,7-9H2,1H3. The van der Waals surface area contributed by atoms with Gasteiger partial charge >= 0.3 is 0 Å². The molecule has 1 aromatic rings. The maximum atomic E-state index is 9.80. The summed E-state index contributed by atoms with van der Waals surface area (Å²) in [4.78, 5) is 0. The highest BCUT2D eigenvalue weighted by atomic mass is 16.3. The topological polar surface area (TPSA) is 50.1 Å². The van der Waals surface area contributed by atoms with Crippen LogP contribution in [0.3, 0.4) is 0 Å². The molecule has 0 aliphatic heterocycles. The quantitative estimate of drug-likeness (QED) is 0.725. The molecule has 2 N–H and O–H groups in total. The monoisotopic (exact) mass is 223 g/mol. The van der Waals surface area contributed by atoms with Crippen molar-refractivity contribution in [1.29, 1.82) is 0 Å². The van der Waals surface area contributed by atoms with Crippen LogP contribution in [0.1, 0.15) is 26.2 Å². The van der Waals surface area contributed by atoms with Crippen molar-refractivity contribution < 1.29 is 5.11 Å². The van der Waals surface area contributed by atoms with Gasteiger partial charge in [-0.1, -0.05) is 12.8 Å². The number of rotatable bonds is 7. The van der Waals surface area contributed by atoms with Gasteiger partial charge in [-0.15, -0.1) is 0 Å². The summed E-state index contributed by atoms with van der Waals surface area (Å²) in [6, 6.07) is 2.38. The van der Waals surface area contributed by atoms with E-state index in [1.54, 1.807) is 10.9 Å². The number of nitrogens with one attached hydrogen (secondary N) is 1. The molecule has 1 fully saturated rings. The molecule has 2 atom stereocenters. The van der Waals surface area contributed by atoms with Gasteiger partial charge in [0.25, 0.3) is 0 Å². The molecule has 0 amide bonds. The molecular formula is C12H21N3O. The van der Waals surface area contributed by atoms with Crippen molar-refractivity contribution in [1.82, 2.24) is 15.1 Å². The van der Waals surface area contributed by atoms with Gasteiger partial charge in [-0.2, -0.15) is 5.10 Å². The van der Waals surface area contributed by atoms with Crippen molar-refractivity contribution >= 4 is 0 Å². The number of aromatic nitrogens is 2. The molecule has 4 heteroatoms. The second-order valence-electron chi connectivity index (χ2n) is 4.87. The largest absolute Gasteiger partial charge is 0.390 e. The lowest BCUT2D eigenvalue weighted by molar-refractivity contribution is 0.142. The molecule has 1 aliphatic rings. The summed E-state index contributed by atoms with van der Waals surface area (Å²) in [5.41, 5.74) is 0. The van der Waals surface area contributed by atoms with Crippen molar-refractivity contribution in [2.75, 3.05) is 6.54 Å². The van der Waals surface area contributed by atoms with E-state index in [1.165, 1.54) is 19.3 Å². The fraction of sp³-hybridized carbons (Fsp3) is 0.750. The minimum Gasteiger partial charge on any atom is -0.390 e. The normalized spacial score (nSPS) is 19.6. The van der Waals surface area contributed by atoms with Crippen LogP contribution in [0, 0.1) is 5.92 Å². The van der Waals surface area contributed by atoms with Crippen LogP contribution in [0.25, 0.3) is 0 Å². The lowest BCUT2D eigenvalue weighted by atomic mass is 10.1. The summed E-state index contributed by atoms with van der Waals surface area (Å²) >= 11 is 0. The molecule has 0 aromatic carbocycles. The van der Waals surface area contributed by atoms with Crippen molar-refractivity contribution in [3.8, 4) is 0 Å². The Balaban J connectivity index is 1.60. The fourth-order valence-electron chi connectivity index (χ4n) is 1.96. The van der Waals surface area contributed by atoms with Gasteiger partial charge in [-0.05, 0) is 25.3 Å². The first-order valence-corrected chi connectivity index (χ1v) is 6.13. The van der Waals surface area contributed by atoms with Crippen LogP contribution in [-0.2, 0) is 6.54 Å². The van der Waals surface area contributed by atoms with E-state index in [1.807, 2.05) is 12.3 Å². The van der Waals surface area contributed by atoms with Crippen LogP contribution in [0.2, 0.25) is 0 Å². The minimum absolute atomic E-state index is 0.360. The summed E-state index contributed by atoms with van der Waals surface area (Å²) in [6.07, 6.45) is 7.27. The van der Waals surface area contributed by atoms with Gasteiger partial charge in [0.2, 0.25) is 0 Å². The Bertz CT molecular complexity index is 295. The Morgan fingerprint density at radius 1 is 1.56 bits per heavy atom. The predicted octanol–water partition coefficient (Wildman–Crippen LogP) is 1.02. The van der Waals surface area contributed by atoms with Crippen LogP contribution in [-0.4, -0.2) is 33.6 Å². The van der Waals surface area contributed by atoms with Gasteiger partial charge in [0.1, 0.15) is 0 Å². The molecule has 0 radical (unpaired) electrons. The summed E-state index contributed by atoms with van der Waals surface area (Å²) in [7, 11) is 0. The average Bonchev–Trinajstić information content (AvgIpc) is 2.91. The molecule has 1 aliphatic carbocycles. The zero-order valence-corrected chi connectivity index (χ0v) is 9.84. The molecule has 2 rings (SSSR count). The van der Waals surface area contributed by atoms with Gasteiger partial charge in [-0.3, -0.25) is 4.68 Å². The second-order valence-corrected chi connectivity index (χ2v) is 4.87. The van der Waals surface area contributed by atoms with Crippen molar-refractivity contribution in [2.24, 2.45) is 5.92 Å². The zero-order chi connectivity index (χ0) is 11.4. The molecule has 1 heterocycles. The van der Waals surface area contributed by atoms with Crippen molar-refractivity contribution in [2.45, 2.75) is 44.9 Å². The summed E-state index contributed by atoms with van der Waals surface area (Å²) in [6.45, 7) is 3.41. The molecular weight excluding hydrogens is 202 g/mol. The second kappa shape index (κ2) is 5.46. The molecule has 90 valence electrons. The third-order valence-electron chi connectivity index (χ3n) is 3.04. The number of nitrogens with zero attached hydrogens (tertiary/aromatic N) is 2. The Morgan fingerprint density at radius 3 is 3.00 bits per heavy atom. The Hall–Kier alpha value is -0.870. The Morgan fingerprint density at radius 2 is 2.38 bits per heavy atom. The molecule has 0 saturated heterocycles. The number of aliphatic hydroxyl groups is 1. The lowest BCUT2D eigenvalue weighted by Crippen LogP contribution is -2.36. The lowest BCUT2D eigenvalue weighted by Gasteiger charge is -2.16. The van der Waals surface area contributed by atoms with Gasteiger partial charge in [0.15, 0.2) is 0 Å². The van der Waals surface area contributed by atoms with Gasteiger partial charge < -0.3 is 10.4 Å². The van der Waals surface area contributed by atoms with E-state index < -0.39 is 0 Å². The molecule has 1 saturated carbocycles. The molecule has 0 bridgehead atoms. The van der Waals surface area contributed by atoms with Gasteiger partial charge in [0.05, 0.1) is 12.6 Å². The summed E-state index contributed by atoms with van der Waals surface area (Å²) in [5, 5.41) is 17.2. The van der Waals surface area contributed by atoms with E-state index in [0.29, 0.717) is 19.1 Å². The first-order chi connectivity index (χ1) is 7.74. The van der Waals surface area contributed by atoms with Crippen LogP contribution in [0.5, 0.6) is 0 Å². The van der Waals surface area contributed by atoms with E-state index in [4.69, 9.17) is 0 Å². The zero-order valence-electron chi connectivity index (χ0n) is 9.84. The molecule has 1 aromatic heterocycles. The predicted molar refractivity (Wildman–Crippen MR) is 63.0 cm³/mol. The van der Waals surface area contributed by atoms with Gasteiger partial charge in [-0.25, -0.2) is 0 Å². The van der Waals surface area contributed by atoms with E-state index in [2.05, 4.69) is 17.3 Å². The maximum Gasteiger partial charge on any atom is 0.0860 e. The van der Waals surface area contributed by atoms with E-state index in [9.17, 15) is 5.11 Å². The minimum atomic E-state index is -0.360. The maximum absolute atomic E-state index is 9.80. The first kappa shape index (κ1) is 11.6. The fourth-order valence-corrected chi connectivity index (χ4v) is 1.96. The Labute approximate surface area is 96.7 Å². The molecule has 16 heavy (non-hydrogen) atoms. The van der Waals surface area contributed by atoms with Crippen LogP contribution >= 0.6 is 0 Å². The average molecular weight is 223 g/mol. The van der Waals surface area contributed by atoms with E-state index in [-0.39, 0.29) is 6.10 Å². The third kappa shape index (κ3) is 3.94.